The van der Waals surface area contributed by atoms with E-state index < -0.39 is 0 Å². The van der Waals surface area contributed by atoms with Crippen LogP contribution in [0.5, 0.6) is 0 Å². The summed E-state index contributed by atoms with van der Waals surface area (Å²) in [4.78, 5) is 0. The third kappa shape index (κ3) is 1.29. The molecule has 0 atom stereocenters. The molecule has 1 heterocycles. The maximum absolute atomic E-state index is 5.08. The van der Waals surface area contributed by atoms with Gasteiger partial charge in [0.1, 0.15) is 0 Å². The summed E-state index contributed by atoms with van der Waals surface area (Å²) in [5, 5.41) is 7.17. The van der Waals surface area contributed by atoms with Gasteiger partial charge in [0.05, 0.1) is 6.20 Å². The largest absolute Gasteiger partial charge is 0.365 e. The van der Waals surface area contributed by atoms with Gasteiger partial charge >= 0.3 is 0 Å². The van der Waals surface area contributed by atoms with Crippen molar-refractivity contribution in [2.45, 2.75) is 0 Å². The highest BCUT2D eigenvalue weighted by molar-refractivity contribution is 5.03. The minimum Gasteiger partial charge on any atom is -0.365 e. The van der Waals surface area contributed by atoms with E-state index in [9.17, 15) is 0 Å². The molecule has 0 aromatic heterocycles. The van der Waals surface area contributed by atoms with Crippen molar-refractivity contribution < 1.29 is 4.52 Å². The average molecular weight is 160 g/mol. The van der Waals surface area contributed by atoms with Gasteiger partial charge in [0.25, 0.3) is 0 Å². The Hall–Kier alpha value is -1.77. The first-order chi connectivity index (χ1) is 5.97. The van der Waals surface area contributed by atoms with Crippen molar-refractivity contribution in [3.63, 3.8) is 0 Å². The average Bonchev–Trinajstić information content (AvgIpc) is 2.06. The fraction of sp³-hybridized carbons (Fsp3) is 0. The van der Waals surface area contributed by atoms with Gasteiger partial charge in [-0.3, -0.25) is 0 Å². The molecule has 0 radical (unpaired) electrons. The van der Waals surface area contributed by atoms with Gasteiger partial charge < -0.3 is 4.52 Å². The van der Waals surface area contributed by atoms with E-state index >= 15 is 0 Å². The third-order valence-electron chi connectivity index (χ3n) is 1.55. The number of rotatable bonds is 0. The molecule has 1 aliphatic carbocycles. The van der Waals surface area contributed by atoms with E-state index in [0.29, 0.717) is 0 Å². The van der Waals surface area contributed by atoms with Crippen LogP contribution in [-0.4, -0.2) is 10.4 Å². The lowest BCUT2D eigenvalue weighted by Gasteiger charge is -1.86. The van der Waals surface area contributed by atoms with E-state index in [1.54, 1.807) is 6.20 Å². The molecule has 1 N–H and O–H groups in total. The summed E-state index contributed by atoms with van der Waals surface area (Å²) < 4.78 is 5.08. The Morgan fingerprint density at radius 3 is 2.83 bits per heavy atom. The highest BCUT2D eigenvalue weighted by Crippen LogP contribution is 1.92. The van der Waals surface area contributed by atoms with Crippen LogP contribution in [0.1, 0.15) is 0 Å². The van der Waals surface area contributed by atoms with E-state index in [2.05, 4.69) is 10.4 Å². The molecule has 12 heavy (non-hydrogen) atoms. The predicted octanol–water partition coefficient (Wildman–Crippen LogP) is 1.85. The number of hydrogen-bond donors (Lipinski definition) is 1. The predicted molar refractivity (Wildman–Crippen MR) is 43.8 cm³/mol. The van der Waals surface area contributed by atoms with Crippen LogP contribution in [0.2, 0.25) is 0 Å². The van der Waals surface area contributed by atoms with E-state index in [1.165, 1.54) is 0 Å². The van der Waals surface area contributed by atoms with Crippen LogP contribution in [0.15, 0.2) is 47.1 Å². The molecular weight excluding hydrogens is 152 g/mol. The zero-order chi connectivity index (χ0) is 8.23. The molecule has 0 saturated carbocycles. The van der Waals surface area contributed by atoms with Crippen molar-refractivity contribution in [3.05, 3.63) is 53.2 Å². The second-order valence-electron chi connectivity index (χ2n) is 2.37. The number of nitrogens with one attached hydrogen (secondary N) is 1. The smallest absolute Gasteiger partial charge is 0.165 e. The Morgan fingerprint density at radius 1 is 1.08 bits per heavy atom. The summed E-state index contributed by atoms with van der Waals surface area (Å²) in [6.07, 6.45) is 1.72. The number of aromatic nitrogens is 2. The zero-order valence-corrected chi connectivity index (χ0v) is 6.40. The van der Waals surface area contributed by atoms with Crippen LogP contribution in [-0.2, 0) is 0 Å². The molecule has 0 bridgehead atoms. The molecular formula is C9H8N2O. The van der Waals surface area contributed by atoms with Crippen LogP contribution >= 0.6 is 0 Å². The molecule has 2 rings (SSSR count). The van der Waals surface area contributed by atoms with Crippen LogP contribution in [0.3, 0.4) is 0 Å². The Kier molecular flexibility index (Phi) is 1.78. The Balaban J connectivity index is 2.95. The first-order valence-electron chi connectivity index (χ1n) is 3.67. The Labute approximate surface area is 69.0 Å². The molecule has 2 aliphatic rings. The number of H-pyrrole nitrogens is 1. The first-order valence-corrected chi connectivity index (χ1v) is 3.67. The fourth-order valence-corrected chi connectivity index (χ4v) is 0.980. The number of aromatic amines is 1. The Bertz CT molecular complexity index is 413. The topological polar surface area (TPSA) is 41.8 Å². The molecule has 60 valence electrons. The fourth-order valence-electron chi connectivity index (χ4n) is 0.980. The van der Waals surface area contributed by atoms with Gasteiger partial charge in [0.15, 0.2) is 5.42 Å². The van der Waals surface area contributed by atoms with Crippen molar-refractivity contribution in [2.75, 3.05) is 0 Å². The van der Waals surface area contributed by atoms with Crippen LogP contribution in [0.25, 0.3) is 0 Å². The van der Waals surface area contributed by atoms with Crippen molar-refractivity contribution in [1.82, 2.24) is 10.4 Å². The van der Waals surface area contributed by atoms with Gasteiger partial charge in [-0.05, 0) is 12.1 Å². The molecule has 0 saturated heterocycles. The minimum absolute atomic E-state index is 0.783. The molecule has 0 spiro atoms. The molecule has 1 aliphatic heterocycles. The summed E-state index contributed by atoms with van der Waals surface area (Å²) >= 11 is 0. The minimum atomic E-state index is 0.783. The lowest BCUT2D eigenvalue weighted by molar-refractivity contribution is 0.338. The summed E-state index contributed by atoms with van der Waals surface area (Å²) in [6, 6.07) is 11.6. The SMILES string of the molecule is c1cccc2o[nH]ncc=2cc1. The lowest BCUT2D eigenvalue weighted by Crippen LogP contribution is -1.79. The van der Waals surface area contributed by atoms with Crippen molar-refractivity contribution in [1.29, 1.82) is 0 Å². The van der Waals surface area contributed by atoms with Crippen LogP contribution in [0.4, 0.5) is 0 Å². The molecule has 0 unspecified atom stereocenters. The third-order valence-corrected chi connectivity index (χ3v) is 1.55. The zero-order valence-electron chi connectivity index (χ0n) is 6.40. The molecule has 0 aromatic rings. The van der Waals surface area contributed by atoms with Crippen molar-refractivity contribution in [3.8, 4) is 0 Å². The highest BCUT2D eigenvalue weighted by atomic mass is 16.5. The number of hydrogen-bond acceptors (Lipinski definition) is 2. The molecule has 3 nitrogen and oxygen atoms in total. The van der Waals surface area contributed by atoms with E-state index in [0.717, 1.165) is 10.6 Å². The van der Waals surface area contributed by atoms with Gasteiger partial charge in [-0.25, -0.2) is 0 Å². The van der Waals surface area contributed by atoms with Crippen molar-refractivity contribution >= 4 is 0 Å². The standard InChI is InChI=1S/C9H8N2O/c1-2-4-6-9-8(5-3-1)7-10-11-12-9/h1-7,11H. The monoisotopic (exact) mass is 160 g/mol. The van der Waals surface area contributed by atoms with Gasteiger partial charge in [-0.2, -0.15) is 5.10 Å². The van der Waals surface area contributed by atoms with Gasteiger partial charge in [-0.15, -0.1) is 5.27 Å². The summed E-state index contributed by atoms with van der Waals surface area (Å²) in [7, 11) is 0. The summed E-state index contributed by atoms with van der Waals surface area (Å²) in [6.45, 7) is 0. The maximum Gasteiger partial charge on any atom is 0.165 e. The molecule has 0 fully saturated rings. The quantitative estimate of drug-likeness (QED) is 0.639. The van der Waals surface area contributed by atoms with Gasteiger partial charge in [0, 0.05) is 5.22 Å². The second kappa shape index (κ2) is 3.09. The van der Waals surface area contributed by atoms with E-state index in [4.69, 9.17) is 4.52 Å². The van der Waals surface area contributed by atoms with E-state index in [1.807, 2.05) is 36.4 Å². The maximum atomic E-state index is 5.08. The highest BCUT2D eigenvalue weighted by Gasteiger charge is 1.82. The molecule has 0 amide bonds. The summed E-state index contributed by atoms with van der Waals surface area (Å²) in [5.41, 5.74) is 0.783. The lowest BCUT2D eigenvalue weighted by atomic mass is 10.3. The molecule has 3 heteroatoms. The normalized spacial score (nSPS) is 9.67. The van der Waals surface area contributed by atoms with Crippen molar-refractivity contribution in [2.24, 2.45) is 0 Å². The van der Waals surface area contributed by atoms with Gasteiger partial charge in [-0.1, -0.05) is 24.3 Å². The Morgan fingerprint density at radius 2 is 1.92 bits per heavy atom. The molecule has 0 aromatic carbocycles. The van der Waals surface area contributed by atoms with E-state index in [-0.39, 0.29) is 0 Å². The van der Waals surface area contributed by atoms with Crippen LogP contribution < -0.4 is 0 Å². The first kappa shape index (κ1) is 6.91. The van der Waals surface area contributed by atoms with Crippen LogP contribution in [0, 0.1) is 10.6 Å². The number of nitrogens with zero attached hydrogens (tertiary/aromatic N) is 1. The second-order valence-corrected chi connectivity index (χ2v) is 2.37. The summed E-state index contributed by atoms with van der Waals surface area (Å²) in [5.74, 6) is 0. The van der Waals surface area contributed by atoms with Gasteiger partial charge in [0.2, 0.25) is 0 Å².